The third-order valence-corrected chi connectivity index (χ3v) is 6.35. The highest BCUT2D eigenvalue weighted by atomic mass is 32.1. The molecule has 0 amide bonds. The summed E-state index contributed by atoms with van der Waals surface area (Å²) in [4.78, 5) is 6.81. The first-order valence-electron chi connectivity index (χ1n) is 10.7. The van der Waals surface area contributed by atoms with Gasteiger partial charge in [0.2, 0.25) is 0 Å². The molecule has 2 saturated heterocycles. The molecule has 3 atom stereocenters. The molecule has 2 aliphatic heterocycles. The van der Waals surface area contributed by atoms with Crippen LogP contribution in [0.25, 0.3) is 0 Å². The average Bonchev–Trinajstić information content (AvgIpc) is 3.55. The third-order valence-electron chi connectivity index (χ3n) is 6.03. The highest BCUT2D eigenvalue weighted by Crippen LogP contribution is 2.44. The minimum absolute atomic E-state index is 0.0740. The summed E-state index contributed by atoms with van der Waals surface area (Å²) >= 11 is 5.84. The zero-order valence-corrected chi connectivity index (χ0v) is 18.3. The van der Waals surface area contributed by atoms with Crippen molar-refractivity contribution < 1.29 is 9.47 Å². The lowest BCUT2D eigenvalue weighted by atomic mass is 10.0. The molecule has 0 aliphatic carbocycles. The number of anilines is 1. The Bertz CT molecular complexity index is 1050. The van der Waals surface area contributed by atoms with Crippen LogP contribution < -0.4 is 15.0 Å². The molecule has 2 aliphatic rings. The Kier molecular flexibility index (Phi) is 5.61. The molecular formula is C24H26N4O2S. The maximum Gasteiger partial charge on any atom is 0.174 e. The molecule has 0 bridgehead atoms. The van der Waals surface area contributed by atoms with Crippen molar-refractivity contribution in [3.8, 4) is 5.75 Å². The molecule has 2 fully saturated rings. The molecule has 4 heterocycles. The standard InChI is InChI=1S/C24H26N4O2S/c1-29-21-12-3-2-10-19(21)28-23(22(26-24(28)31)18-9-4-5-13-25-18)20-11-6-14-27(20)16-17-8-7-15-30-17/h2-6,9-14,17,22-23H,7-8,15-16H2,1H3,(H,26,31)/t17-,22-,23+/m1/s1. The minimum atomic E-state index is -0.0863. The summed E-state index contributed by atoms with van der Waals surface area (Å²) in [6.45, 7) is 1.68. The summed E-state index contributed by atoms with van der Waals surface area (Å²) < 4.78 is 13.9. The lowest BCUT2D eigenvalue weighted by Crippen LogP contribution is -2.31. The van der Waals surface area contributed by atoms with Gasteiger partial charge in [0.15, 0.2) is 5.11 Å². The van der Waals surface area contributed by atoms with E-state index in [1.807, 2.05) is 48.7 Å². The van der Waals surface area contributed by atoms with Gasteiger partial charge in [-0.3, -0.25) is 4.98 Å². The summed E-state index contributed by atoms with van der Waals surface area (Å²) in [7, 11) is 1.69. The van der Waals surface area contributed by atoms with Gasteiger partial charge in [0.25, 0.3) is 0 Å². The zero-order valence-electron chi connectivity index (χ0n) is 17.5. The first kappa shape index (κ1) is 20.0. The molecular weight excluding hydrogens is 408 g/mol. The molecule has 0 radical (unpaired) electrons. The number of nitrogens with one attached hydrogen (secondary N) is 1. The predicted molar refractivity (Wildman–Crippen MR) is 124 cm³/mol. The van der Waals surface area contributed by atoms with E-state index in [1.165, 1.54) is 5.69 Å². The number of hydrogen-bond donors (Lipinski definition) is 1. The first-order chi connectivity index (χ1) is 15.3. The fourth-order valence-electron chi connectivity index (χ4n) is 4.61. The summed E-state index contributed by atoms with van der Waals surface area (Å²) in [5, 5.41) is 4.19. The normalized spacial score (nSPS) is 23.2. The van der Waals surface area contributed by atoms with Crippen molar-refractivity contribution in [3.63, 3.8) is 0 Å². The van der Waals surface area contributed by atoms with E-state index in [0.29, 0.717) is 5.11 Å². The molecule has 1 N–H and O–H groups in total. The highest BCUT2D eigenvalue weighted by molar-refractivity contribution is 7.80. The number of hydrogen-bond acceptors (Lipinski definition) is 4. The molecule has 1 aromatic carbocycles. The first-order valence-corrected chi connectivity index (χ1v) is 11.1. The Morgan fingerprint density at radius 3 is 2.81 bits per heavy atom. The third kappa shape index (κ3) is 3.79. The van der Waals surface area contributed by atoms with Gasteiger partial charge in [0.1, 0.15) is 11.8 Å². The van der Waals surface area contributed by atoms with Gasteiger partial charge < -0.3 is 24.3 Å². The van der Waals surface area contributed by atoms with Gasteiger partial charge in [0.05, 0.1) is 30.6 Å². The Morgan fingerprint density at radius 1 is 1.16 bits per heavy atom. The second-order valence-electron chi connectivity index (χ2n) is 7.89. The fraction of sp³-hybridized carbons (Fsp3) is 0.333. The average molecular weight is 435 g/mol. The van der Waals surface area contributed by atoms with Crippen LogP contribution in [0.3, 0.4) is 0 Å². The summed E-state index contributed by atoms with van der Waals surface area (Å²) in [5.41, 5.74) is 3.07. The van der Waals surface area contributed by atoms with E-state index in [0.717, 1.165) is 43.1 Å². The molecule has 5 rings (SSSR count). The van der Waals surface area contributed by atoms with E-state index in [2.05, 4.69) is 38.1 Å². The molecule has 0 unspecified atom stereocenters. The number of pyridine rings is 1. The van der Waals surface area contributed by atoms with E-state index in [9.17, 15) is 0 Å². The lowest BCUT2D eigenvalue weighted by Gasteiger charge is -2.30. The van der Waals surface area contributed by atoms with Gasteiger partial charge in [-0.1, -0.05) is 18.2 Å². The predicted octanol–water partition coefficient (Wildman–Crippen LogP) is 4.25. The van der Waals surface area contributed by atoms with E-state index < -0.39 is 0 Å². The van der Waals surface area contributed by atoms with E-state index in [1.54, 1.807) is 7.11 Å². The number of thiocarbonyl (C=S) groups is 1. The number of aromatic nitrogens is 2. The van der Waals surface area contributed by atoms with E-state index in [4.69, 9.17) is 21.7 Å². The highest BCUT2D eigenvalue weighted by Gasteiger charge is 2.43. The van der Waals surface area contributed by atoms with Crippen LogP contribution in [0.1, 0.15) is 36.3 Å². The van der Waals surface area contributed by atoms with Crippen molar-refractivity contribution in [2.75, 3.05) is 18.6 Å². The van der Waals surface area contributed by atoms with Crippen LogP contribution in [-0.4, -0.2) is 34.5 Å². The molecule has 7 heteroatoms. The van der Waals surface area contributed by atoms with Crippen molar-refractivity contribution >= 4 is 23.0 Å². The van der Waals surface area contributed by atoms with Crippen molar-refractivity contribution in [1.29, 1.82) is 0 Å². The van der Waals surface area contributed by atoms with Gasteiger partial charge in [-0.05, 0) is 61.5 Å². The van der Waals surface area contributed by atoms with Crippen LogP contribution in [0, 0.1) is 0 Å². The second kappa shape index (κ2) is 8.69. The number of benzene rings is 1. The van der Waals surface area contributed by atoms with E-state index >= 15 is 0 Å². The van der Waals surface area contributed by atoms with Gasteiger partial charge >= 0.3 is 0 Å². The Balaban J connectivity index is 1.60. The van der Waals surface area contributed by atoms with Crippen LogP contribution in [0.15, 0.2) is 67.0 Å². The minimum Gasteiger partial charge on any atom is -0.495 e. The largest absolute Gasteiger partial charge is 0.495 e. The number of rotatable bonds is 6. The van der Waals surface area contributed by atoms with Crippen molar-refractivity contribution in [2.24, 2.45) is 0 Å². The van der Waals surface area contributed by atoms with Gasteiger partial charge in [-0.2, -0.15) is 0 Å². The van der Waals surface area contributed by atoms with Crippen molar-refractivity contribution in [3.05, 3.63) is 78.4 Å². The van der Waals surface area contributed by atoms with Crippen LogP contribution in [0.4, 0.5) is 5.69 Å². The zero-order chi connectivity index (χ0) is 21.2. The quantitative estimate of drug-likeness (QED) is 0.586. The topological polar surface area (TPSA) is 51.5 Å². The fourth-order valence-corrected chi connectivity index (χ4v) is 4.95. The number of para-hydroxylation sites is 2. The monoisotopic (exact) mass is 434 g/mol. The lowest BCUT2D eigenvalue weighted by molar-refractivity contribution is 0.0961. The Hall–Kier alpha value is -2.90. The van der Waals surface area contributed by atoms with Crippen molar-refractivity contribution in [1.82, 2.24) is 14.9 Å². The van der Waals surface area contributed by atoms with Gasteiger partial charge in [0, 0.05) is 31.2 Å². The molecule has 3 aromatic rings. The Labute approximate surface area is 187 Å². The Morgan fingerprint density at radius 2 is 2.03 bits per heavy atom. The van der Waals surface area contributed by atoms with Gasteiger partial charge in [-0.15, -0.1) is 0 Å². The molecule has 0 saturated carbocycles. The second-order valence-corrected chi connectivity index (χ2v) is 8.28. The maximum absolute atomic E-state index is 5.92. The van der Waals surface area contributed by atoms with Crippen LogP contribution in [-0.2, 0) is 11.3 Å². The number of nitrogens with zero attached hydrogens (tertiary/aromatic N) is 3. The smallest absolute Gasteiger partial charge is 0.174 e. The molecule has 0 spiro atoms. The SMILES string of the molecule is COc1ccccc1N1C(=S)N[C@H](c2ccccn2)[C@@H]1c1cccn1C[C@H]1CCCO1. The summed E-state index contributed by atoms with van der Waals surface area (Å²) in [5.74, 6) is 0.788. The van der Waals surface area contributed by atoms with Crippen LogP contribution in [0.5, 0.6) is 5.75 Å². The van der Waals surface area contributed by atoms with Crippen molar-refractivity contribution in [2.45, 2.75) is 37.6 Å². The maximum atomic E-state index is 5.92. The summed E-state index contributed by atoms with van der Waals surface area (Å²) in [6, 6.07) is 18.1. The van der Waals surface area contributed by atoms with Gasteiger partial charge in [-0.25, -0.2) is 0 Å². The number of ether oxygens (including phenoxy) is 2. The number of methoxy groups -OCH3 is 1. The van der Waals surface area contributed by atoms with Crippen LogP contribution >= 0.6 is 12.2 Å². The summed E-state index contributed by atoms with van der Waals surface area (Å²) in [6.07, 6.45) is 6.43. The van der Waals surface area contributed by atoms with E-state index in [-0.39, 0.29) is 18.2 Å². The molecule has 31 heavy (non-hydrogen) atoms. The van der Waals surface area contributed by atoms with Crippen LogP contribution in [0.2, 0.25) is 0 Å². The molecule has 160 valence electrons. The molecule has 2 aromatic heterocycles. The molecule has 6 nitrogen and oxygen atoms in total.